The Hall–Kier alpha value is -0.470. The molecule has 0 bridgehead atoms. The Kier molecular flexibility index (Phi) is 4.42. The average Bonchev–Trinajstić information content (AvgIpc) is 2.79. The Balaban J connectivity index is 1.61. The molecule has 1 saturated carbocycles. The summed E-state index contributed by atoms with van der Waals surface area (Å²) in [6.45, 7) is 6.99. The van der Waals surface area contributed by atoms with Crippen molar-refractivity contribution < 1.29 is 0 Å². The Bertz CT molecular complexity index is 450. The van der Waals surface area contributed by atoms with Crippen molar-refractivity contribution in [1.82, 2.24) is 5.32 Å². The summed E-state index contributed by atoms with van der Waals surface area (Å²) in [7, 11) is 0. The molecule has 1 fully saturated rings. The van der Waals surface area contributed by atoms with E-state index in [-0.39, 0.29) is 0 Å². The highest BCUT2D eigenvalue weighted by molar-refractivity contribution is 7.99. The summed E-state index contributed by atoms with van der Waals surface area (Å²) in [6, 6.07) is 9.04. The third kappa shape index (κ3) is 3.07. The summed E-state index contributed by atoms with van der Waals surface area (Å²) in [5.74, 6) is 2.85. The van der Waals surface area contributed by atoms with Gasteiger partial charge in [0.25, 0.3) is 0 Å². The highest BCUT2D eigenvalue weighted by Crippen LogP contribution is 2.51. The van der Waals surface area contributed by atoms with E-state index in [1.54, 1.807) is 5.56 Å². The zero-order valence-electron chi connectivity index (χ0n) is 12.8. The number of nitrogens with one attached hydrogen (secondary N) is 1. The first kappa shape index (κ1) is 14.5. The zero-order chi connectivity index (χ0) is 14.0. The smallest absolute Gasteiger partial charge is 0.0107 e. The quantitative estimate of drug-likeness (QED) is 0.816. The van der Waals surface area contributed by atoms with Gasteiger partial charge in [-0.1, -0.05) is 38.5 Å². The third-order valence-electron chi connectivity index (χ3n) is 4.95. The van der Waals surface area contributed by atoms with Crippen LogP contribution in [0.25, 0.3) is 0 Å². The van der Waals surface area contributed by atoms with Crippen molar-refractivity contribution >= 4 is 11.8 Å². The first-order valence-electron chi connectivity index (χ1n) is 8.11. The van der Waals surface area contributed by atoms with Gasteiger partial charge in [-0.15, -0.1) is 11.8 Å². The van der Waals surface area contributed by atoms with Crippen molar-refractivity contribution in [2.75, 3.05) is 18.8 Å². The van der Waals surface area contributed by atoms with Crippen LogP contribution in [0.2, 0.25) is 0 Å². The van der Waals surface area contributed by atoms with Gasteiger partial charge in [-0.05, 0) is 54.7 Å². The van der Waals surface area contributed by atoms with Crippen LogP contribution in [0.3, 0.4) is 0 Å². The van der Waals surface area contributed by atoms with Crippen LogP contribution in [0, 0.1) is 11.3 Å². The van der Waals surface area contributed by atoms with E-state index in [1.165, 1.54) is 42.9 Å². The van der Waals surface area contributed by atoms with Gasteiger partial charge in [-0.2, -0.15) is 0 Å². The summed E-state index contributed by atoms with van der Waals surface area (Å²) in [5, 5.41) is 3.72. The molecular formula is C18H27NS. The van der Waals surface area contributed by atoms with E-state index in [4.69, 9.17) is 0 Å². The molecule has 0 saturated heterocycles. The average molecular weight is 289 g/mol. The van der Waals surface area contributed by atoms with Crippen molar-refractivity contribution in [3.05, 3.63) is 29.8 Å². The van der Waals surface area contributed by atoms with Gasteiger partial charge in [-0.3, -0.25) is 0 Å². The minimum absolute atomic E-state index is 0.595. The Morgan fingerprint density at radius 2 is 2.10 bits per heavy atom. The third-order valence-corrected chi connectivity index (χ3v) is 6.20. The molecule has 2 heteroatoms. The van der Waals surface area contributed by atoms with Crippen LogP contribution in [0.4, 0.5) is 0 Å². The van der Waals surface area contributed by atoms with Gasteiger partial charge in [0.05, 0.1) is 0 Å². The predicted molar refractivity (Wildman–Crippen MR) is 88.5 cm³/mol. The summed E-state index contributed by atoms with van der Waals surface area (Å²) >= 11 is 2.06. The van der Waals surface area contributed by atoms with Gasteiger partial charge in [0, 0.05) is 17.2 Å². The fourth-order valence-electron chi connectivity index (χ4n) is 3.68. The van der Waals surface area contributed by atoms with Crippen molar-refractivity contribution in [3.63, 3.8) is 0 Å². The molecule has 0 aromatic heterocycles. The van der Waals surface area contributed by atoms with E-state index in [9.17, 15) is 0 Å². The lowest BCUT2D eigenvalue weighted by Crippen LogP contribution is -2.42. The number of fused-ring (bicyclic) bond motifs is 1. The molecule has 1 nitrogen and oxygen atoms in total. The molecule has 1 heterocycles. The first-order chi connectivity index (χ1) is 9.69. The van der Waals surface area contributed by atoms with E-state index in [0.29, 0.717) is 5.41 Å². The molecule has 2 aliphatic rings. The largest absolute Gasteiger partial charge is 0.316 e. The van der Waals surface area contributed by atoms with Gasteiger partial charge in [0.15, 0.2) is 0 Å². The van der Waals surface area contributed by atoms with Gasteiger partial charge in [0.1, 0.15) is 0 Å². The minimum Gasteiger partial charge on any atom is -0.316 e. The summed E-state index contributed by atoms with van der Waals surface area (Å²) in [5.41, 5.74) is 2.21. The topological polar surface area (TPSA) is 12.0 Å². The SMILES string of the molecule is CC(C)CNCC1(CC2CSc3ccccc32)CCC1. The number of rotatable bonds is 6. The second-order valence-corrected chi connectivity index (χ2v) is 8.19. The van der Waals surface area contributed by atoms with Crippen molar-refractivity contribution in [2.45, 2.75) is 50.3 Å². The highest BCUT2D eigenvalue weighted by atomic mass is 32.2. The van der Waals surface area contributed by atoms with E-state index >= 15 is 0 Å². The van der Waals surface area contributed by atoms with Crippen molar-refractivity contribution in [1.29, 1.82) is 0 Å². The van der Waals surface area contributed by atoms with Crippen LogP contribution in [-0.2, 0) is 0 Å². The lowest BCUT2D eigenvalue weighted by molar-refractivity contribution is 0.108. The Labute approximate surface area is 127 Å². The molecule has 1 aliphatic heterocycles. The summed E-state index contributed by atoms with van der Waals surface area (Å²) < 4.78 is 0. The molecule has 1 unspecified atom stereocenters. The molecule has 0 spiro atoms. The maximum absolute atomic E-state index is 3.72. The first-order valence-corrected chi connectivity index (χ1v) is 9.10. The monoisotopic (exact) mass is 289 g/mol. The summed E-state index contributed by atoms with van der Waals surface area (Å²) in [4.78, 5) is 1.53. The minimum atomic E-state index is 0.595. The van der Waals surface area contributed by atoms with E-state index < -0.39 is 0 Å². The highest BCUT2D eigenvalue weighted by Gasteiger charge is 2.40. The fourth-order valence-corrected chi connectivity index (χ4v) is 4.93. The Morgan fingerprint density at radius 3 is 2.80 bits per heavy atom. The standard InChI is InChI=1S/C18H27NS/c1-14(2)11-19-13-18(8-5-9-18)10-15-12-20-17-7-4-3-6-16(15)17/h3-4,6-7,14-15,19H,5,8-13H2,1-2H3. The number of benzene rings is 1. The molecule has 3 rings (SSSR count). The number of thioether (sulfide) groups is 1. The molecule has 0 radical (unpaired) electrons. The second kappa shape index (κ2) is 6.11. The van der Waals surface area contributed by atoms with Crippen LogP contribution in [0.5, 0.6) is 0 Å². The fraction of sp³-hybridized carbons (Fsp3) is 0.667. The van der Waals surface area contributed by atoms with Crippen molar-refractivity contribution in [3.8, 4) is 0 Å². The molecule has 110 valence electrons. The molecule has 1 aromatic rings. The lowest BCUT2D eigenvalue weighted by atomic mass is 9.63. The molecule has 0 amide bonds. The molecule has 20 heavy (non-hydrogen) atoms. The van der Waals surface area contributed by atoms with Gasteiger partial charge < -0.3 is 5.32 Å². The maximum Gasteiger partial charge on any atom is 0.0107 e. The molecule has 1 N–H and O–H groups in total. The van der Waals surface area contributed by atoms with Crippen LogP contribution in [-0.4, -0.2) is 18.8 Å². The Morgan fingerprint density at radius 1 is 1.30 bits per heavy atom. The normalized spacial score (nSPS) is 23.6. The predicted octanol–water partition coefficient (Wildman–Crippen LogP) is 4.68. The van der Waals surface area contributed by atoms with E-state index in [0.717, 1.165) is 18.4 Å². The van der Waals surface area contributed by atoms with Crippen LogP contribution < -0.4 is 5.32 Å². The van der Waals surface area contributed by atoms with E-state index in [1.807, 2.05) is 0 Å². The molecule has 1 aliphatic carbocycles. The number of hydrogen-bond donors (Lipinski definition) is 1. The van der Waals surface area contributed by atoms with Crippen LogP contribution in [0.15, 0.2) is 29.2 Å². The molecule has 1 aromatic carbocycles. The molecule has 1 atom stereocenters. The second-order valence-electron chi connectivity index (χ2n) is 7.13. The zero-order valence-corrected chi connectivity index (χ0v) is 13.6. The summed E-state index contributed by atoms with van der Waals surface area (Å²) in [6.07, 6.45) is 5.69. The van der Waals surface area contributed by atoms with Crippen LogP contribution >= 0.6 is 11.8 Å². The number of hydrogen-bond acceptors (Lipinski definition) is 2. The lowest BCUT2D eigenvalue weighted by Gasteiger charge is -2.44. The maximum atomic E-state index is 3.72. The van der Waals surface area contributed by atoms with Crippen molar-refractivity contribution in [2.24, 2.45) is 11.3 Å². The van der Waals surface area contributed by atoms with Crippen LogP contribution in [0.1, 0.15) is 51.0 Å². The van der Waals surface area contributed by atoms with Gasteiger partial charge in [-0.25, -0.2) is 0 Å². The van der Waals surface area contributed by atoms with E-state index in [2.05, 4.69) is 55.2 Å². The molecular weight excluding hydrogens is 262 g/mol. The van der Waals surface area contributed by atoms with Gasteiger partial charge in [0.2, 0.25) is 0 Å². The van der Waals surface area contributed by atoms with Gasteiger partial charge >= 0.3 is 0 Å².